The van der Waals surface area contributed by atoms with Crippen LogP contribution in [0.25, 0.3) is 0 Å². The molecule has 1 aliphatic heterocycles. The zero-order chi connectivity index (χ0) is 11.5. The summed E-state index contributed by atoms with van der Waals surface area (Å²) in [6.45, 7) is 5.21. The van der Waals surface area contributed by atoms with Crippen molar-refractivity contribution in [2.24, 2.45) is 0 Å². The van der Waals surface area contributed by atoms with E-state index in [1.165, 1.54) is 6.42 Å². The fraction of sp³-hybridized carbons (Fsp3) is 0.636. The lowest BCUT2D eigenvalue weighted by Gasteiger charge is -2.10. The third kappa shape index (κ3) is 3.44. The number of halogens is 1. The zero-order valence-corrected chi connectivity index (χ0v) is 10.9. The Labute approximate surface area is 107 Å². The molecule has 0 saturated carbocycles. The molecule has 2 N–H and O–H groups in total. The van der Waals surface area contributed by atoms with Crippen molar-refractivity contribution in [1.29, 1.82) is 0 Å². The van der Waals surface area contributed by atoms with Crippen molar-refractivity contribution in [2.45, 2.75) is 32.7 Å². The maximum absolute atomic E-state index is 11.8. The molecular weight excluding hydrogens is 242 g/mol. The van der Waals surface area contributed by atoms with E-state index in [1.54, 1.807) is 13.8 Å². The van der Waals surface area contributed by atoms with Gasteiger partial charge in [0.05, 0.1) is 5.69 Å². The first-order valence-electron chi connectivity index (χ1n) is 5.62. The highest BCUT2D eigenvalue weighted by Crippen LogP contribution is 2.09. The largest absolute Gasteiger partial charge is 0.436 e. The van der Waals surface area contributed by atoms with Gasteiger partial charge in [0.1, 0.15) is 0 Å². The molecule has 1 amide bonds. The molecule has 0 aromatic carbocycles. The number of hydrogen-bond acceptors (Lipinski definition) is 4. The Morgan fingerprint density at radius 2 is 2.35 bits per heavy atom. The van der Waals surface area contributed by atoms with Gasteiger partial charge in [-0.1, -0.05) is 0 Å². The van der Waals surface area contributed by atoms with Crippen LogP contribution in [0.4, 0.5) is 0 Å². The number of carbonyl (C=O) groups excluding carboxylic acids is 1. The van der Waals surface area contributed by atoms with Gasteiger partial charge in [-0.05, 0) is 26.3 Å². The number of aryl methyl sites for hydroxylation is 2. The van der Waals surface area contributed by atoms with Crippen LogP contribution in [-0.2, 0) is 0 Å². The second-order valence-corrected chi connectivity index (χ2v) is 4.15. The molecule has 2 heterocycles. The van der Waals surface area contributed by atoms with E-state index in [0.29, 0.717) is 29.9 Å². The Morgan fingerprint density at radius 1 is 1.59 bits per heavy atom. The number of rotatable bonds is 3. The van der Waals surface area contributed by atoms with E-state index in [2.05, 4.69) is 15.6 Å². The Bertz CT molecular complexity index is 386. The van der Waals surface area contributed by atoms with Gasteiger partial charge in [0.25, 0.3) is 5.91 Å². The van der Waals surface area contributed by atoms with Gasteiger partial charge in [0, 0.05) is 19.5 Å². The molecule has 1 aromatic rings. The average molecular weight is 260 g/mol. The molecule has 5 nitrogen and oxygen atoms in total. The molecule has 1 aliphatic rings. The van der Waals surface area contributed by atoms with Crippen molar-refractivity contribution < 1.29 is 9.21 Å². The lowest BCUT2D eigenvalue weighted by Crippen LogP contribution is -2.37. The molecule has 0 radical (unpaired) electrons. The highest BCUT2D eigenvalue weighted by molar-refractivity contribution is 5.92. The van der Waals surface area contributed by atoms with Crippen LogP contribution in [0.1, 0.15) is 35.0 Å². The number of hydrogen-bond donors (Lipinski definition) is 2. The molecule has 0 aliphatic carbocycles. The molecule has 1 unspecified atom stereocenters. The lowest BCUT2D eigenvalue weighted by atomic mass is 10.2. The second-order valence-electron chi connectivity index (χ2n) is 4.15. The fourth-order valence-corrected chi connectivity index (χ4v) is 1.97. The molecule has 0 spiro atoms. The predicted octanol–water partition coefficient (Wildman–Crippen LogP) is 1.20. The fourth-order valence-electron chi connectivity index (χ4n) is 1.97. The molecule has 1 aromatic heterocycles. The van der Waals surface area contributed by atoms with Crippen LogP contribution in [0.3, 0.4) is 0 Å². The van der Waals surface area contributed by atoms with Gasteiger partial charge in [-0.15, -0.1) is 12.4 Å². The molecule has 1 atom stereocenters. The molecule has 6 heteroatoms. The summed E-state index contributed by atoms with van der Waals surface area (Å²) in [5, 5.41) is 6.18. The van der Waals surface area contributed by atoms with Crippen molar-refractivity contribution in [2.75, 3.05) is 13.1 Å². The predicted molar refractivity (Wildman–Crippen MR) is 66.6 cm³/mol. The van der Waals surface area contributed by atoms with Gasteiger partial charge < -0.3 is 15.1 Å². The van der Waals surface area contributed by atoms with E-state index in [4.69, 9.17) is 4.42 Å². The molecule has 1 saturated heterocycles. The molecule has 17 heavy (non-hydrogen) atoms. The third-order valence-corrected chi connectivity index (χ3v) is 2.78. The number of nitrogens with zero attached hydrogens (tertiary/aromatic N) is 1. The van der Waals surface area contributed by atoms with E-state index in [-0.39, 0.29) is 18.3 Å². The van der Waals surface area contributed by atoms with Crippen molar-refractivity contribution >= 4 is 18.3 Å². The molecule has 2 rings (SSSR count). The molecule has 1 fully saturated rings. The van der Waals surface area contributed by atoms with E-state index in [1.807, 2.05) is 0 Å². The van der Waals surface area contributed by atoms with Gasteiger partial charge in [0.15, 0.2) is 5.89 Å². The number of carbonyl (C=O) groups is 1. The van der Waals surface area contributed by atoms with Crippen molar-refractivity contribution in [1.82, 2.24) is 15.6 Å². The SMILES string of the molecule is Cc1nc(C)c(C(=O)NCC2CCCN2)o1.Cl. The summed E-state index contributed by atoms with van der Waals surface area (Å²) in [7, 11) is 0. The number of oxazole rings is 1. The number of amides is 1. The highest BCUT2D eigenvalue weighted by atomic mass is 35.5. The molecule has 0 bridgehead atoms. The van der Waals surface area contributed by atoms with Crippen LogP contribution >= 0.6 is 12.4 Å². The highest BCUT2D eigenvalue weighted by Gasteiger charge is 2.18. The summed E-state index contributed by atoms with van der Waals surface area (Å²) in [6, 6.07) is 0.397. The van der Waals surface area contributed by atoms with Gasteiger partial charge >= 0.3 is 0 Å². The minimum absolute atomic E-state index is 0. The summed E-state index contributed by atoms with van der Waals surface area (Å²) >= 11 is 0. The first kappa shape index (κ1) is 14.0. The van der Waals surface area contributed by atoms with Crippen molar-refractivity contribution in [3.63, 3.8) is 0 Å². The van der Waals surface area contributed by atoms with Gasteiger partial charge in [0.2, 0.25) is 5.76 Å². The monoisotopic (exact) mass is 259 g/mol. The Kier molecular flexibility index (Phi) is 4.96. The second kappa shape index (κ2) is 6.02. The normalized spacial score (nSPS) is 18.8. The summed E-state index contributed by atoms with van der Waals surface area (Å²) < 4.78 is 5.25. The smallest absolute Gasteiger partial charge is 0.289 e. The van der Waals surface area contributed by atoms with E-state index < -0.39 is 0 Å². The summed E-state index contributed by atoms with van der Waals surface area (Å²) in [5.74, 6) is 0.684. The minimum Gasteiger partial charge on any atom is -0.436 e. The minimum atomic E-state index is -0.174. The van der Waals surface area contributed by atoms with Gasteiger partial charge in [-0.3, -0.25) is 4.79 Å². The van der Waals surface area contributed by atoms with Gasteiger partial charge in [-0.2, -0.15) is 0 Å². The first-order chi connectivity index (χ1) is 7.66. The number of nitrogens with one attached hydrogen (secondary N) is 2. The summed E-state index contributed by atoms with van der Waals surface area (Å²) in [4.78, 5) is 15.8. The standard InChI is InChI=1S/C11H17N3O2.ClH/c1-7-10(16-8(2)14-7)11(15)13-6-9-4-3-5-12-9;/h9,12H,3-6H2,1-2H3,(H,13,15);1H. The quantitative estimate of drug-likeness (QED) is 0.856. The average Bonchev–Trinajstić information content (AvgIpc) is 2.84. The van der Waals surface area contributed by atoms with Crippen LogP contribution in [-0.4, -0.2) is 30.0 Å². The topological polar surface area (TPSA) is 67.2 Å². The van der Waals surface area contributed by atoms with E-state index in [9.17, 15) is 4.79 Å². The van der Waals surface area contributed by atoms with Crippen LogP contribution in [0.5, 0.6) is 0 Å². The summed E-state index contributed by atoms with van der Waals surface area (Å²) in [6.07, 6.45) is 2.30. The molecular formula is C11H18ClN3O2. The third-order valence-electron chi connectivity index (χ3n) is 2.78. The lowest BCUT2D eigenvalue weighted by molar-refractivity contribution is 0.0920. The van der Waals surface area contributed by atoms with Crippen molar-refractivity contribution in [3.05, 3.63) is 17.3 Å². The maximum Gasteiger partial charge on any atom is 0.289 e. The van der Waals surface area contributed by atoms with Crippen molar-refractivity contribution in [3.8, 4) is 0 Å². The van der Waals surface area contributed by atoms with Crippen LogP contribution in [0, 0.1) is 13.8 Å². The van der Waals surface area contributed by atoms with Crippen LogP contribution < -0.4 is 10.6 Å². The Morgan fingerprint density at radius 3 is 2.88 bits per heavy atom. The Hall–Kier alpha value is -1.07. The number of aromatic nitrogens is 1. The van der Waals surface area contributed by atoms with E-state index >= 15 is 0 Å². The zero-order valence-electron chi connectivity index (χ0n) is 10.1. The first-order valence-corrected chi connectivity index (χ1v) is 5.62. The molecule has 96 valence electrons. The maximum atomic E-state index is 11.8. The van der Waals surface area contributed by atoms with E-state index in [0.717, 1.165) is 13.0 Å². The van der Waals surface area contributed by atoms with Crippen LogP contribution in [0.15, 0.2) is 4.42 Å². The Balaban J connectivity index is 0.00000144. The van der Waals surface area contributed by atoms with Crippen LogP contribution in [0.2, 0.25) is 0 Å². The summed E-state index contributed by atoms with van der Waals surface area (Å²) in [5.41, 5.74) is 0.648. The van der Waals surface area contributed by atoms with Gasteiger partial charge in [-0.25, -0.2) is 4.98 Å².